The van der Waals surface area contributed by atoms with Gasteiger partial charge in [-0.15, -0.1) is 0 Å². The standard InChI is InChI=1S/C33H43N4O6/c1-32(2,3)42-30(39)36(31(40)43-33(4,5)6)25(14-7-8-16-34)29(38)21-13-10-15-24-26(21)27-23-18-35-17-22(23)19-11-9-12-20(19)28(27)37(24)41/h11,17-18,21,25H,7-10,12-16,34H2,1-6H3/q+1/t21?,25-/m0/s1. The van der Waals surface area contributed by atoms with Crippen LogP contribution < -0.4 is 16.2 Å². The molecule has 0 fully saturated rings. The third-order valence-corrected chi connectivity index (χ3v) is 8.23. The van der Waals surface area contributed by atoms with Crippen LogP contribution in [0, 0.1) is 10.8 Å². The summed E-state index contributed by atoms with van der Waals surface area (Å²) in [5.41, 5.74) is 8.48. The Bertz CT molecular complexity index is 1550. The van der Waals surface area contributed by atoms with Crippen molar-refractivity contribution in [2.75, 3.05) is 6.54 Å². The van der Waals surface area contributed by atoms with Crippen LogP contribution in [0.25, 0.3) is 17.8 Å². The van der Waals surface area contributed by atoms with Gasteiger partial charge in [0.25, 0.3) is 5.69 Å². The molecule has 1 aromatic carbocycles. The molecule has 1 unspecified atom stereocenters. The van der Waals surface area contributed by atoms with Crippen LogP contribution in [0.5, 0.6) is 0 Å². The van der Waals surface area contributed by atoms with Gasteiger partial charge in [0.15, 0.2) is 5.78 Å². The molecule has 5 rings (SSSR count). The second-order valence-corrected chi connectivity index (χ2v) is 13.7. The molecule has 0 spiro atoms. The second kappa shape index (κ2) is 11.4. The molecule has 2 heterocycles. The maximum absolute atomic E-state index is 14.8. The summed E-state index contributed by atoms with van der Waals surface area (Å²) in [6.45, 7) is 10.6. The number of carbonyl (C=O) groups is 3. The van der Waals surface area contributed by atoms with E-state index in [0.29, 0.717) is 55.6 Å². The maximum Gasteiger partial charge on any atom is 0.420 e. The number of allylic oxidation sites excluding steroid dienone is 2. The van der Waals surface area contributed by atoms with Crippen molar-refractivity contribution in [3.8, 4) is 0 Å². The summed E-state index contributed by atoms with van der Waals surface area (Å²) in [4.78, 5) is 61.2. The number of nitrogens with two attached hydrogens (primary N) is 1. The van der Waals surface area contributed by atoms with E-state index in [9.17, 15) is 19.3 Å². The zero-order valence-electron chi connectivity index (χ0n) is 26.1. The third-order valence-electron chi connectivity index (χ3n) is 8.23. The number of Topliss-reactive ketones (excluding diaryl/α,β-unsaturated/α-hetero) is 1. The molecule has 10 nitrogen and oxygen atoms in total. The Labute approximate surface area is 252 Å². The van der Waals surface area contributed by atoms with Crippen molar-refractivity contribution in [3.05, 3.63) is 37.7 Å². The summed E-state index contributed by atoms with van der Waals surface area (Å²) in [5.74, 6) is -1.000. The largest absolute Gasteiger partial charge is 0.443 e. The lowest BCUT2D eigenvalue weighted by Gasteiger charge is -2.35. The maximum atomic E-state index is 14.8. The Morgan fingerprint density at radius 1 is 1.05 bits per heavy atom. The van der Waals surface area contributed by atoms with Gasteiger partial charge in [0.1, 0.15) is 17.2 Å². The fraction of sp³-hybridized carbons (Fsp3) is 0.576. The smallest absolute Gasteiger partial charge is 0.420 e. The molecule has 0 aromatic heterocycles. The first-order valence-corrected chi connectivity index (χ1v) is 15.4. The van der Waals surface area contributed by atoms with Gasteiger partial charge in [-0.3, -0.25) is 9.79 Å². The lowest BCUT2D eigenvalue weighted by molar-refractivity contribution is -0.406. The quantitative estimate of drug-likeness (QED) is 0.357. The van der Waals surface area contributed by atoms with Crippen LogP contribution in [0.1, 0.15) is 103 Å². The van der Waals surface area contributed by atoms with Crippen LogP contribution >= 0.6 is 0 Å². The fourth-order valence-corrected chi connectivity index (χ4v) is 6.62. The number of unbranched alkanes of at least 4 members (excludes halogenated alkanes) is 1. The van der Waals surface area contributed by atoms with Gasteiger partial charge in [-0.2, -0.15) is 0 Å². The van der Waals surface area contributed by atoms with Crippen LogP contribution in [-0.2, 0) is 20.7 Å². The number of nitrogens with zero attached hydrogens (tertiary/aromatic N) is 3. The van der Waals surface area contributed by atoms with Gasteiger partial charge < -0.3 is 15.2 Å². The second-order valence-electron chi connectivity index (χ2n) is 13.7. The number of benzene rings is 1. The van der Waals surface area contributed by atoms with Crippen LogP contribution in [0.4, 0.5) is 15.3 Å². The van der Waals surface area contributed by atoms with Gasteiger partial charge in [-0.25, -0.2) is 14.5 Å². The number of aliphatic imine (C=N–C) groups is 1. The van der Waals surface area contributed by atoms with Crippen molar-refractivity contribution in [3.63, 3.8) is 0 Å². The predicted molar refractivity (Wildman–Crippen MR) is 164 cm³/mol. The SMILES string of the molecule is CC(C)(C)OC(=O)N(C(=O)OC(C)(C)C)[C@@H](CCCCN)C(=O)C1CCCC2=C1c1c(c3c(c4c1C=NC=4)=CCC3)[N+]2=O. The molecule has 2 aliphatic heterocycles. The molecule has 0 saturated heterocycles. The normalized spacial score (nSPS) is 19.1. The van der Waals surface area contributed by atoms with E-state index >= 15 is 0 Å². The molecule has 0 radical (unpaired) electrons. The number of nitroso groups, excluding NO2 is 1. The van der Waals surface area contributed by atoms with E-state index in [2.05, 4.69) is 11.1 Å². The van der Waals surface area contributed by atoms with E-state index in [1.165, 1.54) is 0 Å². The van der Waals surface area contributed by atoms with E-state index in [-0.39, 0.29) is 12.2 Å². The number of imide groups is 1. The van der Waals surface area contributed by atoms with Gasteiger partial charge in [-0.05, 0) is 98.3 Å². The molecule has 0 bridgehead atoms. The van der Waals surface area contributed by atoms with Crippen molar-refractivity contribution in [1.29, 1.82) is 0 Å². The summed E-state index contributed by atoms with van der Waals surface area (Å²) in [5, 5.41) is 2.03. The molecule has 2 amide bonds. The first kappa shape index (κ1) is 30.8. The Morgan fingerprint density at radius 3 is 2.35 bits per heavy atom. The van der Waals surface area contributed by atoms with Crippen molar-refractivity contribution in [2.45, 2.75) is 110 Å². The number of ketones is 1. The number of hydrogen-bond donors (Lipinski definition) is 1. The molecule has 2 atom stereocenters. The minimum absolute atomic E-state index is 0.202. The molecule has 0 saturated carbocycles. The van der Waals surface area contributed by atoms with E-state index in [1.807, 2.05) is 6.20 Å². The number of amides is 2. The third kappa shape index (κ3) is 5.81. The van der Waals surface area contributed by atoms with Crippen LogP contribution in [-0.4, -0.2) is 57.6 Å². The predicted octanol–water partition coefficient (Wildman–Crippen LogP) is 4.76. The molecular weight excluding hydrogens is 548 g/mol. The summed E-state index contributed by atoms with van der Waals surface area (Å²) in [7, 11) is 0. The van der Waals surface area contributed by atoms with Gasteiger partial charge in [-0.1, -0.05) is 6.08 Å². The van der Waals surface area contributed by atoms with Gasteiger partial charge in [0.05, 0.1) is 16.2 Å². The van der Waals surface area contributed by atoms with E-state index < -0.39 is 35.3 Å². The van der Waals surface area contributed by atoms with Gasteiger partial charge in [0, 0.05) is 45.7 Å². The summed E-state index contributed by atoms with van der Waals surface area (Å²) in [6, 6.07) is -1.16. The van der Waals surface area contributed by atoms with E-state index in [0.717, 1.165) is 49.6 Å². The number of rotatable bonds is 7. The topological polar surface area (TPSA) is 131 Å². The number of fused-ring (bicyclic) bond motifs is 7. The highest BCUT2D eigenvalue weighted by Gasteiger charge is 2.51. The minimum Gasteiger partial charge on any atom is -0.443 e. The molecule has 10 heteroatoms. The first-order chi connectivity index (χ1) is 20.2. The lowest BCUT2D eigenvalue weighted by Crippen LogP contribution is -2.53. The Balaban J connectivity index is 1.62. The summed E-state index contributed by atoms with van der Waals surface area (Å²) < 4.78 is 12.3. The first-order valence-electron chi connectivity index (χ1n) is 15.4. The Morgan fingerprint density at radius 2 is 1.72 bits per heavy atom. The summed E-state index contributed by atoms with van der Waals surface area (Å²) in [6.07, 6.45) is 8.47. The van der Waals surface area contributed by atoms with E-state index in [1.54, 1.807) is 47.8 Å². The highest BCUT2D eigenvalue weighted by atomic mass is 16.6. The molecule has 4 aliphatic rings. The number of carbonyl (C=O) groups excluding carboxylic acids is 3. The lowest BCUT2D eigenvalue weighted by atomic mass is 9.76. The Kier molecular flexibility index (Phi) is 8.19. The molecule has 43 heavy (non-hydrogen) atoms. The van der Waals surface area contributed by atoms with Crippen LogP contribution in [0.3, 0.4) is 0 Å². The fourth-order valence-electron chi connectivity index (χ4n) is 6.62. The van der Waals surface area contributed by atoms with Crippen molar-refractivity contribution < 1.29 is 28.6 Å². The van der Waals surface area contributed by atoms with E-state index in [4.69, 9.17) is 15.2 Å². The van der Waals surface area contributed by atoms with Crippen LogP contribution in [0.2, 0.25) is 0 Å². The zero-order chi connectivity index (χ0) is 31.3. The monoisotopic (exact) mass is 591 g/mol. The zero-order valence-corrected chi connectivity index (χ0v) is 26.1. The average Bonchev–Trinajstić information content (AvgIpc) is 3.63. The number of ether oxygens (including phenoxy) is 2. The van der Waals surface area contributed by atoms with Gasteiger partial charge >= 0.3 is 12.2 Å². The number of hydrogen-bond acceptors (Lipinski definition) is 8. The van der Waals surface area contributed by atoms with Gasteiger partial charge in [0.2, 0.25) is 5.70 Å². The summed E-state index contributed by atoms with van der Waals surface area (Å²) >= 11 is 0. The molecular formula is C33H43N4O6+. The average molecular weight is 592 g/mol. The highest BCUT2D eigenvalue weighted by molar-refractivity contribution is 6.06. The molecule has 2 N–H and O–H groups in total. The highest BCUT2D eigenvalue weighted by Crippen LogP contribution is 2.50. The van der Waals surface area contributed by atoms with Crippen molar-refractivity contribution in [1.82, 2.24) is 4.90 Å². The molecule has 2 aliphatic carbocycles. The minimum atomic E-state index is -1.16. The van der Waals surface area contributed by atoms with Crippen molar-refractivity contribution >= 4 is 47.7 Å². The van der Waals surface area contributed by atoms with Crippen molar-refractivity contribution in [2.24, 2.45) is 16.6 Å². The molecule has 230 valence electrons. The molecule has 1 aromatic rings. The Hall–Kier alpha value is -3.66. The van der Waals surface area contributed by atoms with Crippen LogP contribution in [0.15, 0.2) is 10.7 Å².